The predicted octanol–water partition coefficient (Wildman–Crippen LogP) is 0.978. The summed E-state index contributed by atoms with van der Waals surface area (Å²) in [7, 11) is 0. The molecule has 2 rings (SSSR count). The van der Waals surface area contributed by atoms with E-state index in [1.165, 1.54) is 0 Å². The Bertz CT molecular complexity index is 326. The highest BCUT2D eigenvalue weighted by atomic mass is 35.5. The van der Waals surface area contributed by atoms with Gasteiger partial charge >= 0.3 is 0 Å². The Balaban J connectivity index is 2.22. The summed E-state index contributed by atoms with van der Waals surface area (Å²) in [4.78, 5) is 4.20. The van der Waals surface area contributed by atoms with Crippen LogP contribution in [-0.2, 0) is 4.74 Å². The molecule has 0 aliphatic carbocycles. The van der Waals surface area contributed by atoms with Crippen molar-refractivity contribution < 1.29 is 4.74 Å². The number of nitrogen functional groups attached to an aromatic ring is 1. The minimum Gasteiger partial charge on any atom is -0.397 e. The van der Waals surface area contributed by atoms with Gasteiger partial charge in [-0.25, -0.2) is 0 Å². The molecular weight excluding hydrogens is 202 g/mol. The lowest BCUT2D eigenvalue weighted by molar-refractivity contribution is 0.0758. The lowest BCUT2D eigenvalue weighted by atomic mass is 10.1. The molecule has 0 amide bonds. The first-order valence-corrected chi connectivity index (χ1v) is 4.87. The zero-order valence-corrected chi connectivity index (χ0v) is 8.42. The van der Waals surface area contributed by atoms with Crippen molar-refractivity contribution in [3.05, 3.63) is 23.0 Å². The number of hydrogen-bond donors (Lipinski definition) is 2. The van der Waals surface area contributed by atoms with E-state index in [-0.39, 0.29) is 6.04 Å². The number of halogens is 1. The summed E-state index contributed by atoms with van der Waals surface area (Å²) in [6.07, 6.45) is 1.60. The van der Waals surface area contributed by atoms with Crippen molar-refractivity contribution in [3.63, 3.8) is 0 Å². The Morgan fingerprint density at radius 2 is 2.50 bits per heavy atom. The molecule has 14 heavy (non-hydrogen) atoms. The molecule has 0 radical (unpaired) electrons. The number of nitrogens with one attached hydrogen (secondary N) is 1. The molecular formula is C9H12ClN3O. The van der Waals surface area contributed by atoms with E-state index in [2.05, 4.69) is 10.3 Å². The van der Waals surface area contributed by atoms with Crippen molar-refractivity contribution >= 4 is 17.3 Å². The number of aromatic nitrogens is 1. The first-order valence-electron chi connectivity index (χ1n) is 4.49. The van der Waals surface area contributed by atoms with Crippen molar-refractivity contribution in [2.45, 2.75) is 6.04 Å². The quantitative estimate of drug-likeness (QED) is 0.730. The maximum atomic E-state index is 5.81. The fourth-order valence-electron chi connectivity index (χ4n) is 1.50. The summed E-state index contributed by atoms with van der Waals surface area (Å²) in [5.41, 5.74) is 7.24. The smallest absolute Gasteiger partial charge is 0.0826 e. The lowest BCUT2D eigenvalue weighted by Crippen LogP contribution is -2.35. The van der Waals surface area contributed by atoms with E-state index >= 15 is 0 Å². The largest absolute Gasteiger partial charge is 0.397 e. The Morgan fingerprint density at radius 1 is 1.64 bits per heavy atom. The molecule has 0 spiro atoms. The SMILES string of the molecule is Nc1cc(Cl)cnc1C1COCCN1. The van der Waals surface area contributed by atoms with Crippen LogP contribution in [0.2, 0.25) is 5.02 Å². The van der Waals surface area contributed by atoms with Gasteiger partial charge in [-0.05, 0) is 6.07 Å². The summed E-state index contributed by atoms with van der Waals surface area (Å²) < 4.78 is 5.33. The number of nitrogens with two attached hydrogens (primary N) is 1. The van der Waals surface area contributed by atoms with Crippen LogP contribution < -0.4 is 11.1 Å². The van der Waals surface area contributed by atoms with Crippen LogP contribution in [-0.4, -0.2) is 24.7 Å². The van der Waals surface area contributed by atoms with Crippen LogP contribution in [0.5, 0.6) is 0 Å². The fraction of sp³-hybridized carbons (Fsp3) is 0.444. The van der Waals surface area contributed by atoms with E-state index in [0.717, 1.165) is 18.8 Å². The van der Waals surface area contributed by atoms with E-state index in [1.54, 1.807) is 12.3 Å². The van der Waals surface area contributed by atoms with Crippen LogP contribution in [0.4, 0.5) is 5.69 Å². The standard InChI is InChI=1S/C9H12ClN3O/c10-6-3-7(11)9(13-4-6)8-5-14-2-1-12-8/h3-4,8,12H,1-2,5,11H2. The fourth-order valence-corrected chi connectivity index (χ4v) is 1.66. The van der Waals surface area contributed by atoms with Crippen molar-refractivity contribution in [1.29, 1.82) is 0 Å². The normalized spacial score (nSPS) is 22.2. The number of anilines is 1. The van der Waals surface area contributed by atoms with Gasteiger partial charge in [0.1, 0.15) is 0 Å². The van der Waals surface area contributed by atoms with E-state index in [1.807, 2.05) is 0 Å². The number of morpholine rings is 1. The minimum atomic E-state index is 0.0843. The predicted molar refractivity (Wildman–Crippen MR) is 55.2 cm³/mol. The molecule has 0 aromatic carbocycles. The van der Waals surface area contributed by atoms with Gasteiger partial charge in [-0.1, -0.05) is 11.6 Å². The monoisotopic (exact) mass is 213 g/mol. The highest BCUT2D eigenvalue weighted by Crippen LogP contribution is 2.22. The van der Waals surface area contributed by atoms with Crippen LogP contribution >= 0.6 is 11.6 Å². The second-order valence-electron chi connectivity index (χ2n) is 3.21. The third-order valence-corrected chi connectivity index (χ3v) is 2.37. The molecule has 0 bridgehead atoms. The summed E-state index contributed by atoms with van der Waals surface area (Å²) >= 11 is 5.76. The molecule has 1 saturated heterocycles. The number of nitrogens with zero attached hydrogens (tertiary/aromatic N) is 1. The van der Waals surface area contributed by atoms with Crippen LogP contribution in [0, 0.1) is 0 Å². The van der Waals surface area contributed by atoms with E-state index in [4.69, 9.17) is 22.1 Å². The van der Waals surface area contributed by atoms with Gasteiger partial charge in [0.25, 0.3) is 0 Å². The average Bonchev–Trinajstić information content (AvgIpc) is 2.19. The van der Waals surface area contributed by atoms with Gasteiger partial charge in [-0.2, -0.15) is 0 Å². The van der Waals surface area contributed by atoms with Gasteiger partial charge in [0.15, 0.2) is 0 Å². The highest BCUT2D eigenvalue weighted by molar-refractivity contribution is 6.30. The molecule has 76 valence electrons. The van der Waals surface area contributed by atoms with Crippen LogP contribution in [0.15, 0.2) is 12.3 Å². The molecule has 1 fully saturated rings. The molecule has 1 aromatic heterocycles. The third-order valence-electron chi connectivity index (χ3n) is 2.17. The minimum absolute atomic E-state index is 0.0843. The number of rotatable bonds is 1. The lowest BCUT2D eigenvalue weighted by Gasteiger charge is -2.24. The molecule has 1 aliphatic rings. The Labute approximate surface area is 87.4 Å². The van der Waals surface area contributed by atoms with Gasteiger partial charge in [0, 0.05) is 12.7 Å². The molecule has 2 heterocycles. The van der Waals surface area contributed by atoms with Crippen molar-refractivity contribution in [2.75, 3.05) is 25.5 Å². The summed E-state index contributed by atoms with van der Waals surface area (Å²) in [5.74, 6) is 0. The molecule has 1 aliphatic heterocycles. The van der Waals surface area contributed by atoms with E-state index in [9.17, 15) is 0 Å². The highest BCUT2D eigenvalue weighted by Gasteiger charge is 2.18. The Kier molecular flexibility index (Phi) is 2.86. The first kappa shape index (κ1) is 9.71. The molecule has 0 saturated carbocycles. The molecule has 1 atom stereocenters. The van der Waals surface area contributed by atoms with E-state index in [0.29, 0.717) is 17.3 Å². The van der Waals surface area contributed by atoms with Crippen LogP contribution in [0.3, 0.4) is 0 Å². The van der Waals surface area contributed by atoms with Gasteiger partial charge in [-0.3, -0.25) is 4.98 Å². The average molecular weight is 214 g/mol. The molecule has 5 heteroatoms. The Hall–Kier alpha value is -0.840. The maximum absolute atomic E-state index is 5.81. The zero-order chi connectivity index (χ0) is 9.97. The van der Waals surface area contributed by atoms with Crippen molar-refractivity contribution in [1.82, 2.24) is 10.3 Å². The van der Waals surface area contributed by atoms with Crippen molar-refractivity contribution in [3.8, 4) is 0 Å². The van der Waals surface area contributed by atoms with Crippen LogP contribution in [0.25, 0.3) is 0 Å². The second-order valence-corrected chi connectivity index (χ2v) is 3.65. The van der Waals surface area contributed by atoms with Gasteiger partial charge in [0.05, 0.1) is 35.7 Å². The summed E-state index contributed by atoms with van der Waals surface area (Å²) in [6.45, 7) is 2.18. The summed E-state index contributed by atoms with van der Waals surface area (Å²) in [6, 6.07) is 1.79. The zero-order valence-electron chi connectivity index (χ0n) is 7.66. The van der Waals surface area contributed by atoms with Gasteiger partial charge in [-0.15, -0.1) is 0 Å². The number of pyridine rings is 1. The van der Waals surface area contributed by atoms with Gasteiger partial charge < -0.3 is 15.8 Å². The summed E-state index contributed by atoms with van der Waals surface area (Å²) in [5, 5.41) is 3.84. The molecule has 1 aromatic rings. The Morgan fingerprint density at radius 3 is 3.14 bits per heavy atom. The maximum Gasteiger partial charge on any atom is 0.0826 e. The van der Waals surface area contributed by atoms with E-state index < -0.39 is 0 Å². The third kappa shape index (κ3) is 1.97. The van der Waals surface area contributed by atoms with Gasteiger partial charge in [0.2, 0.25) is 0 Å². The molecule has 1 unspecified atom stereocenters. The van der Waals surface area contributed by atoms with Crippen molar-refractivity contribution in [2.24, 2.45) is 0 Å². The topological polar surface area (TPSA) is 60.2 Å². The molecule has 3 N–H and O–H groups in total. The first-order chi connectivity index (χ1) is 6.77. The number of ether oxygens (including phenoxy) is 1. The molecule has 4 nitrogen and oxygen atoms in total. The van der Waals surface area contributed by atoms with Crippen LogP contribution in [0.1, 0.15) is 11.7 Å². The second kappa shape index (κ2) is 4.13. The number of hydrogen-bond acceptors (Lipinski definition) is 4.